The van der Waals surface area contributed by atoms with Crippen molar-refractivity contribution in [3.63, 3.8) is 0 Å². The summed E-state index contributed by atoms with van der Waals surface area (Å²) in [6, 6.07) is 8.28. The number of halogens is 3. The third-order valence-electron chi connectivity index (χ3n) is 2.99. The monoisotopic (exact) mass is 346 g/mol. The summed E-state index contributed by atoms with van der Waals surface area (Å²) in [5.74, 6) is 0.402. The third-order valence-corrected chi connectivity index (χ3v) is 4.50. The van der Waals surface area contributed by atoms with Crippen LogP contribution in [0.3, 0.4) is 0 Å². The zero-order valence-corrected chi connectivity index (χ0v) is 12.8. The highest BCUT2D eigenvalue weighted by Gasteiger charge is 2.50. The van der Waals surface area contributed by atoms with Crippen LogP contribution in [-0.4, -0.2) is 26.0 Å². The zero-order valence-electron chi connectivity index (χ0n) is 12.0. The van der Waals surface area contributed by atoms with Crippen LogP contribution in [0.1, 0.15) is 5.56 Å². The van der Waals surface area contributed by atoms with Crippen LogP contribution in [0.5, 0.6) is 5.75 Å². The van der Waals surface area contributed by atoms with Crippen LogP contribution >= 0.6 is 0 Å². The Labute approximate surface area is 131 Å². The molecule has 0 N–H and O–H groups in total. The number of hydrogen-bond donors (Lipinski definition) is 0. The summed E-state index contributed by atoms with van der Waals surface area (Å²) < 4.78 is 67.8. The summed E-state index contributed by atoms with van der Waals surface area (Å²) in [6.45, 7) is -0.484. The average molecular weight is 346 g/mol. The van der Waals surface area contributed by atoms with Crippen LogP contribution in [0, 0.1) is 0 Å². The van der Waals surface area contributed by atoms with Crippen LogP contribution in [0.4, 0.5) is 18.9 Å². The molecule has 124 valence electrons. The lowest BCUT2D eigenvalue weighted by atomic mass is 10.2. The van der Waals surface area contributed by atoms with Gasteiger partial charge in [-0.2, -0.15) is 21.6 Å². The number of sulfonamides is 1. The molecule has 9 heteroatoms. The van der Waals surface area contributed by atoms with E-state index < -0.39 is 22.1 Å². The van der Waals surface area contributed by atoms with E-state index in [1.165, 1.54) is 55.9 Å². The van der Waals surface area contributed by atoms with Crippen LogP contribution in [0.15, 0.2) is 48.8 Å². The van der Waals surface area contributed by atoms with Crippen molar-refractivity contribution >= 4 is 15.7 Å². The maximum Gasteiger partial charge on any atom is 0.516 e. The fourth-order valence-corrected chi connectivity index (χ4v) is 2.81. The second-order valence-electron chi connectivity index (χ2n) is 4.52. The third kappa shape index (κ3) is 3.73. The maximum atomic E-state index is 12.9. The van der Waals surface area contributed by atoms with Gasteiger partial charge in [-0.25, -0.2) is 0 Å². The molecular weight excluding hydrogens is 333 g/mol. The molecule has 0 saturated carbocycles. The van der Waals surface area contributed by atoms with Crippen molar-refractivity contribution in [3.8, 4) is 5.75 Å². The Morgan fingerprint density at radius 1 is 1.17 bits per heavy atom. The van der Waals surface area contributed by atoms with E-state index in [-0.39, 0.29) is 5.69 Å². The Hall–Kier alpha value is -2.29. The fraction of sp³-hybridized carbons (Fsp3) is 0.214. The molecule has 0 spiro atoms. The number of ether oxygens (including phenoxy) is 1. The lowest BCUT2D eigenvalue weighted by molar-refractivity contribution is -0.0438. The summed E-state index contributed by atoms with van der Waals surface area (Å²) in [7, 11) is -4.15. The van der Waals surface area contributed by atoms with E-state index in [4.69, 9.17) is 4.74 Å². The number of alkyl halides is 3. The molecule has 0 saturated heterocycles. The van der Waals surface area contributed by atoms with Crippen molar-refractivity contribution in [1.29, 1.82) is 0 Å². The summed E-state index contributed by atoms with van der Waals surface area (Å²) >= 11 is 0. The Kier molecular flexibility index (Phi) is 4.79. The molecule has 23 heavy (non-hydrogen) atoms. The van der Waals surface area contributed by atoms with Crippen LogP contribution in [0.2, 0.25) is 0 Å². The lowest BCUT2D eigenvalue weighted by Gasteiger charge is -2.25. The van der Waals surface area contributed by atoms with Crippen molar-refractivity contribution in [3.05, 3.63) is 54.4 Å². The smallest absolute Gasteiger partial charge is 0.497 e. The zero-order chi connectivity index (χ0) is 17.1. The molecule has 0 bridgehead atoms. The van der Waals surface area contributed by atoms with E-state index in [0.29, 0.717) is 15.6 Å². The Morgan fingerprint density at radius 2 is 1.83 bits per heavy atom. The second kappa shape index (κ2) is 6.45. The highest BCUT2D eigenvalue weighted by atomic mass is 32.2. The van der Waals surface area contributed by atoms with Crippen molar-refractivity contribution < 1.29 is 26.3 Å². The van der Waals surface area contributed by atoms with Gasteiger partial charge >= 0.3 is 15.5 Å². The molecular formula is C14H13F3N2O3S. The number of rotatable bonds is 5. The number of methoxy groups -OCH3 is 1. The van der Waals surface area contributed by atoms with E-state index in [1.807, 2.05) is 0 Å². The largest absolute Gasteiger partial charge is 0.516 e. The van der Waals surface area contributed by atoms with Crippen LogP contribution in [0.25, 0.3) is 0 Å². The van der Waals surface area contributed by atoms with Gasteiger partial charge in [-0.1, -0.05) is 6.07 Å². The molecule has 1 aromatic heterocycles. The minimum Gasteiger partial charge on any atom is -0.497 e. The molecule has 2 aromatic rings. The molecule has 1 aromatic carbocycles. The number of benzene rings is 1. The van der Waals surface area contributed by atoms with E-state index >= 15 is 0 Å². The number of pyridine rings is 1. The van der Waals surface area contributed by atoms with Gasteiger partial charge < -0.3 is 4.74 Å². The highest BCUT2D eigenvalue weighted by Crippen LogP contribution is 2.32. The second-order valence-corrected chi connectivity index (χ2v) is 6.37. The average Bonchev–Trinajstić information content (AvgIpc) is 2.52. The van der Waals surface area contributed by atoms with Gasteiger partial charge in [0.2, 0.25) is 0 Å². The lowest BCUT2D eigenvalue weighted by Crippen LogP contribution is -2.40. The van der Waals surface area contributed by atoms with E-state index in [1.54, 1.807) is 0 Å². The quantitative estimate of drug-likeness (QED) is 0.835. The van der Waals surface area contributed by atoms with Gasteiger partial charge in [0, 0.05) is 12.4 Å². The number of hydrogen-bond acceptors (Lipinski definition) is 4. The van der Waals surface area contributed by atoms with Gasteiger partial charge in [-0.15, -0.1) is 0 Å². The van der Waals surface area contributed by atoms with Gasteiger partial charge in [-0.3, -0.25) is 9.29 Å². The van der Waals surface area contributed by atoms with Crippen molar-refractivity contribution in [2.75, 3.05) is 11.4 Å². The fourth-order valence-electron chi connectivity index (χ4n) is 1.85. The van der Waals surface area contributed by atoms with Gasteiger partial charge in [0.1, 0.15) is 5.75 Å². The highest BCUT2D eigenvalue weighted by molar-refractivity contribution is 7.93. The molecule has 0 atom stereocenters. The topological polar surface area (TPSA) is 59.5 Å². The first-order valence-corrected chi connectivity index (χ1v) is 7.81. The van der Waals surface area contributed by atoms with E-state index in [9.17, 15) is 21.6 Å². The first-order chi connectivity index (χ1) is 10.8. The summed E-state index contributed by atoms with van der Waals surface area (Å²) in [6.07, 6.45) is 2.75. The van der Waals surface area contributed by atoms with Crippen molar-refractivity contribution in [1.82, 2.24) is 4.98 Å². The first kappa shape index (κ1) is 17.1. The molecule has 0 fully saturated rings. The first-order valence-electron chi connectivity index (χ1n) is 6.37. The normalized spacial score (nSPS) is 12.0. The molecule has 2 rings (SSSR count). The predicted molar refractivity (Wildman–Crippen MR) is 78.4 cm³/mol. The molecule has 0 aliphatic heterocycles. The minimum atomic E-state index is -5.54. The summed E-state index contributed by atoms with van der Waals surface area (Å²) in [4.78, 5) is 3.78. The number of aromatic nitrogens is 1. The van der Waals surface area contributed by atoms with Crippen molar-refractivity contribution in [2.45, 2.75) is 12.1 Å². The van der Waals surface area contributed by atoms with E-state index in [0.717, 1.165) is 0 Å². The minimum absolute atomic E-state index is 0.119. The molecule has 5 nitrogen and oxygen atoms in total. The van der Waals surface area contributed by atoms with Crippen molar-refractivity contribution in [2.24, 2.45) is 0 Å². The van der Waals surface area contributed by atoms with Crippen LogP contribution < -0.4 is 9.04 Å². The molecule has 0 unspecified atom stereocenters. The molecule has 1 heterocycles. The Bertz CT molecular complexity index is 747. The van der Waals surface area contributed by atoms with Gasteiger partial charge in [0.25, 0.3) is 0 Å². The molecule has 0 amide bonds. The van der Waals surface area contributed by atoms with Crippen LogP contribution in [-0.2, 0) is 16.6 Å². The predicted octanol–water partition coefficient (Wildman–Crippen LogP) is 2.95. The standard InChI is InChI=1S/C14H13F3N2O3S/c1-22-13-6-4-12(5-7-13)19(23(20,21)14(15,16)17)10-11-3-2-8-18-9-11/h2-9H,10H2,1H3. The maximum absolute atomic E-state index is 12.9. The summed E-state index contributed by atoms with van der Waals surface area (Å²) in [5.41, 5.74) is -5.20. The SMILES string of the molecule is COc1ccc(N(Cc2cccnc2)S(=O)(=O)C(F)(F)F)cc1. The Morgan fingerprint density at radius 3 is 2.30 bits per heavy atom. The summed E-state index contributed by atoms with van der Waals surface area (Å²) in [5, 5.41) is 0. The van der Waals surface area contributed by atoms with Gasteiger partial charge in [0.15, 0.2) is 0 Å². The van der Waals surface area contributed by atoms with Gasteiger partial charge in [-0.05, 0) is 35.9 Å². The number of nitrogens with zero attached hydrogens (tertiary/aromatic N) is 2. The molecule has 0 radical (unpaired) electrons. The molecule has 0 aliphatic rings. The molecule has 0 aliphatic carbocycles. The van der Waals surface area contributed by atoms with Gasteiger partial charge in [0.05, 0.1) is 19.3 Å². The Balaban J connectivity index is 2.46. The van der Waals surface area contributed by atoms with E-state index in [2.05, 4.69) is 4.98 Å². The number of anilines is 1.